The molecule has 25 heavy (non-hydrogen) atoms. The zero-order valence-corrected chi connectivity index (χ0v) is 27.6. The van der Waals surface area contributed by atoms with Crippen molar-refractivity contribution in [1.29, 1.82) is 0 Å². The Labute approximate surface area is 229 Å². The maximum atomic E-state index is 6.91. The number of alkyl halides is 2. The molecular weight excluding hydrogens is 983 g/mol. The number of rotatable bonds is 0. The highest BCUT2D eigenvalue weighted by molar-refractivity contribution is 9.18. The molecule has 0 saturated carbocycles. The quantitative estimate of drug-likeness (QED) is 0.220. The van der Waals surface area contributed by atoms with Gasteiger partial charge in [-0.1, -0.05) is 95.6 Å². The van der Waals surface area contributed by atoms with Crippen LogP contribution < -0.4 is 0 Å². The summed E-state index contributed by atoms with van der Waals surface area (Å²) < 4.78 is 14.7. The second kappa shape index (κ2) is 8.34. The normalized spacial score (nSPS) is 39.6. The van der Waals surface area contributed by atoms with E-state index in [0.717, 1.165) is 48.7 Å². The van der Waals surface area contributed by atoms with Crippen molar-refractivity contribution in [3.8, 4) is 0 Å². The van der Waals surface area contributed by atoms with E-state index in [1.165, 1.54) is 0 Å². The van der Waals surface area contributed by atoms with Crippen molar-refractivity contribution in [2.75, 3.05) is 0 Å². The fourth-order valence-electron chi connectivity index (χ4n) is 3.09. The summed E-state index contributed by atoms with van der Waals surface area (Å²) in [6, 6.07) is 0. The lowest BCUT2D eigenvalue weighted by molar-refractivity contribution is -0.0462. The zero-order valence-electron chi connectivity index (χ0n) is 11.8. The van der Waals surface area contributed by atoms with E-state index in [9.17, 15) is 0 Å². The Hall–Kier alpha value is 3.72. The number of hydrogen-bond donors (Lipinski definition) is 0. The van der Waals surface area contributed by atoms with E-state index >= 15 is 0 Å². The van der Waals surface area contributed by atoms with Crippen molar-refractivity contribution in [3.05, 3.63) is 35.9 Å². The van der Waals surface area contributed by atoms with Gasteiger partial charge in [-0.15, -0.1) is 0 Å². The van der Waals surface area contributed by atoms with E-state index in [-0.39, 0.29) is 9.65 Å². The van der Waals surface area contributed by atoms with E-state index in [1.54, 1.807) is 0 Å². The van der Waals surface area contributed by atoms with Gasteiger partial charge in [-0.05, 0) is 76.6 Å². The highest BCUT2D eigenvalue weighted by Crippen LogP contribution is 2.64. The molecule has 138 valence electrons. The van der Waals surface area contributed by atoms with E-state index in [1.807, 2.05) is 0 Å². The molecule has 3 aliphatic rings. The third-order valence-corrected chi connectivity index (χ3v) is 18.3. The fraction of sp³-hybridized carbons (Fsp3) is 0.429. The smallest absolute Gasteiger partial charge is 0.119 e. The van der Waals surface area contributed by atoms with Crippen LogP contribution in [0.4, 0.5) is 0 Å². The molecule has 1 aliphatic heterocycles. The number of ether oxygens (including phenoxy) is 1. The van der Waals surface area contributed by atoms with Crippen LogP contribution >= 0.6 is 159 Å². The second-order valence-corrected chi connectivity index (χ2v) is 14.0. The molecule has 3 rings (SSSR count). The summed E-state index contributed by atoms with van der Waals surface area (Å²) in [7, 11) is 0. The molecule has 2 spiro atoms. The van der Waals surface area contributed by atoms with Crippen LogP contribution in [0.2, 0.25) is 0 Å². The predicted molar refractivity (Wildman–Crippen MR) is 141 cm³/mol. The van der Waals surface area contributed by atoms with Crippen LogP contribution in [-0.4, -0.2) is 20.9 Å². The molecule has 0 bridgehead atoms. The monoisotopic (exact) mass is 979 g/mol. The summed E-state index contributed by atoms with van der Waals surface area (Å²) in [5, 5.41) is 0. The highest BCUT2D eigenvalue weighted by atomic mass is 79.9. The van der Waals surface area contributed by atoms with Crippen molar-refractivity contribution < 1.29 is 4.74 Å². The first-order chi connectivity index (χ1) is 11.5. The summed E-state index contributed by atoms with van der Waals surface area (Å²) in [5.41, 5.74) is -1.07. The molecule has 1 nitrogen and oxygen atoms in total. The number of allylic oxidation sites excluding steroid dienone is 4. The van der Waals surface area contributed by atoms with Gasteiger partial charge in [0.05, 0.1) is 9.65 Å². The molecule has 2 aliphatic carbocycles. The summed E-state index contributed by atoms with van der Waals surface area (Å²) >= 11 is 37.2. The first kappa shape index (κ1) is 23.4. The molecule has 1 heterocycles. The fourth-order valence-corrected chi connectivity index (χ4v) is 11.4. The summed E-state index contributed by atoms with van der Waals surface area (Å²) in [4.78, 5) is -0.0624. The van der Waals surface area contributed by atoms with Crippen LogP contribution in [0.5, 0.6) is 0 Å². The molecule has 0 aromatic carbocycles. The lowest BCUT2D eigenvalue weighted by atomic mass is 9.88. The zero-order chi connectivity index (χ0) is 18.9. The molecule has 0 radical (unpaired) electrons. The van der Waals surface area contributed by atoms with E-state index in [2.05, 4.69) is 159 Å². The van der Waals surface area contributed by atoms with Crippen molar-refractivity contribution in [2.24, 2.45) is 0 Å². The maximum Gasteiger partial charge on any atom is 0.119 e. The minimum absolute atomic E-state index is 0.0312. The summed E-state index contributed by atoms with van der Waals surface area (Å²) in [6.45, 7) is 0. The van der Waals surface area contributed by atoms with Gasteiger partial charge in [0, 0.05) is 35.9 Å². The van der Waals surface area contributed by atoms with E-state index in [0.29, 0.717) is 0 Å². The number of hydrogen-bond acceptors (Lipinski definition) is 1. The van der Waals surface area contributed by atoms with Crippen molar-refractivity contribution in [2.45, 2.75) is 33.7 Å². The van der Waals surface area contributed by atoms with Crippen LogP contribution in [0.15, 0.2) is 35.9 Å². The molecule has 1 saturated heterocycles. The maximum absolute atomic E-state index is 6.91. The van der Waals surface area contributed by atoms with Gasteiger partial charge >= 0.3 is 0 Å². The molecule has 1 fully saturated rings. The summed E-state index contributed by atoms with van der Waals surface area (Å²) in [6.07, 6.45) is 1.67. The minimum atomic E-state index is -0.537. The molecule has 11 heteroatoms. The van der Waals surface area contributed by atoms with Gasteiger partial charge < -0.3 is 4.74 Å². The topological polar surface area (TPSA) is 9.23 Å². The highest BCUT2D eigenvalue weighted by Gasteiger charge is 2.62. The molecule has 4 atom stereocenters. The van der Waals surface area contributed by atoms with Gasteiger partial charge in [0.25, 0.3) is 0 Å². The van der Waals surface area contributed by atoms with E-state index in [4.69, 9.17) is 4.74 Å². The minimum Gasteiger partial charge on any atom is -0.355 e. The van der Waals surface area contributed by atoms with Gasteiger partial charge in [0.1, 0.15) is 11.2 Å². The largest absolute Gasteiger partial charge is 0.355 e. The first-order valence-corrected chi connectivity index (χ1v) is 14.9. The molecule has 0 N–H and O–H groups in total. The molecule has 0 amide bonds. The Balaban J connectivity index is 2.14. The van der Waals surface area contributed by atoms with Gasteiger partial charge in [0.2, 0.25) is 0 Å². The molecule has 0 aromatic heterocycles. The average Bonchev–Trinajstić information content (AvgIpc) is 3.02. The first-order valence-electron chi connectivity index (χ1n) is 6.72. The lowest BCUT2D eigenvalue weighted by Crippen LogP contribution is -2.49. The second-order valence-electron chi connectivity index (χ2n) is 5.69. The Morgan fingerprint density at radius 1 is 0.600 bits per heavy atom. The van der Waals surface area contributed by atoms with Gasteiger partial charge in [0.15, 0.2) is 0 Å². The van der Waals surface area contributed by atoms with Gasteiger partial charge in [-0.2, -0.15) is 0 Å². The van der Waals surface area contributed by atoms with E-state index < -0.39 is 11.2 Å². The van der Waals surface area contributed by atoms with Gasteiger partial charge in [-0.25, -0.2) is 0 Å². The Kier molecular flexibility index (Phi) is 7.80. The Morgan fingerprint density at radius 2 is 0.920 bits per heavy atom. The Bertz CT molecular complexity index is 716. The third-order valence-electron chi connectivity index (χ3n) is 4.43. The average molecular weight is 989 g/mol. The van der Waals surface area contributed by atoms with Crippen molar-refractivity contribution in [1.82, 2.24) is 0 Å². The van der Waals surface area contributed by atoms with Crippen molar-refractivity contribution >= 4 is 159 Å². The van der Waals surface area contributed by atoms with Gasteiger partial charge in [-0.3, -0.25) is 0 Å². The van der Waals surface area contributed by atoms with Crippen LogP contribution in [0.1, 0.15) is 12.8 Å². The lowest BCUT2D eigenvalue weighted by Gasteiger charge is -2.44. The molecule has 0 aromatic rings. The standard InChI is InChI=1S/C14H6Br10O/c15-3-5(17)9(21)13(10(22)6(3)18)1-2-14(25-13)11(23)7(19)4(16)8(20)12(14)24/h9,11H,1-2H2. The molecular formula is C14H6Br10O. The summed E-state index contributed by atoms with van der Waals surface area (Å²) in [5.74, 6) is 0. The predicted octanol–water partition coefficient (Wildman–Crippen LogP) is 9.83. The van der Waals surface area contributed by atoms with Crippen LogP contribution in [-0.2, 0) is 4.74 Å². The Morgan fingerprint density at radius 3 is 1.24 bits per heavy atom. The SMILES string of the molecule is BrC1=C(Br)C(Br)C2(CCC3(O2)C(Br)=C(Br)C(Br)=C(Br)C3Br)C(Br)=C1Br. The van der Waals surface area contributed by atoms with Crippen LogP contribution in [0.3, 0.4) is 0 Å². The van der Waals surface area contributed by atoms with Crippen LogP contribution in [0, 0.1) is 0 Å². The van der Waals surface area contributed by atoms with Crippen LogP contribution in [0.25, 0.3) is 0 Å². The van der Waals surface area contributed by atoms with Crippen molar-refractivity contribution in [3.63, 3.8) is 0 Å². The number of halogens is 10. The molecule has 4 unspecified atom stereocenters. The third kappa shape index (κ3) is 3.47.